The summed E-state index contributed by atoms with van der Waals surface area (Å²) in [5.41, 5.74) is 0.865. The fraction of sp³-hybridized carbons (Fsp3) is 0.545. The van der Waals surface area contributed by atoms with Gasteiger partial charge in [0.15, 0.2) is 0 Å². The molecule has 2 N–H and O–H groups in total. The molecule has 1 aromatic rings. The van der Waals surface area contributed by atoms with Crippen LogP contribution in [-0.2, 0) is 10.0 Å². The van der Waals surface area contributed by atoms with E-state index in [1.807, 2.05) is 13.0 Å². The normalized spacial score (nSPS) is 13.5. The van der Waals surface area contributed by atoms with Gasteiger partial charge in [0.05, 0.1) is 5.75 Å². The van der Waals surface area contributed by atoms with Crippen LogP contribution < -0.4 is 10.0 Å². The summed E-state index contributed by atoms with van der Waals surface area (Å²) < 4.78 is 26.1. The average Bonchev–Trinajstić information content (AvgIpc) is 2.30. The third-order valence-electron chi connectivity index (χ3n) is 2.38. The highest BCUT2D eigenvalue weighted by Crippen LogP contribution is 2.11. The SMILES string of the molecule is CNCCCS(=O)(=O)NC(C)c1cccnc1. The average molecular weight is 257 g/mol. The third kappa shape index (κ3) is 5.25. The molecule has 0 spiro atoms. The summed E-state index contributed by atoms with van der Waals surface area (Å²) >= 11 is 0. The largest absolute Gasteiger partial charge is 0.320 e. The lowest BCUT2D eigenvalue weighted by atomic mass is 10.2. The topological polar surface area (TPSA) is 71.1 Å². The van der Waals surface area contributed by atoms with Gasteiger partial charge in [-0.1, -0.05) is 6.07 Å². The Hall–Kier alpha value is -0.980. The molecule has 0 saturated heterocycles. The zero-order chi connectivity index (χ0) is 12.7. The molecule has 0 saturated carbocycles. The maximum absolute atomic E-state index is 11.7. The highest BCUT2D eigenvalue weighted by molar-refractivity contribution is 7.89. The van der Waals surface area contributed by atoms with E-state index in [4.69, 9.17) is 0 Å². The Morgan fingerprint density at radius 3 is 2.82 bits per heavy atom. The molecule has 6 heteroatoms. The van der Waals surface area contributed by atoms with Crippen molar-refractivity contribution in [3.63, 3.8) is 0 Å². The van der Waals surface area contributed by atoms with E-state index in [1.54, 1.807) is 25.5 Å². The fourth-order valence-electron chi connectivity index (χ4n) is 1.47. The maximum Gasteiger partial charge on any atom is 0.212 e. The van der Waals surface area contributed by atoms with Crippen molar-refractivity contribution in [2.24, 2.45) is 0 Å². The molecule has 0 radical (unpaired) electrons. The third-order valence-corrected chi connectivity index (χ3v) is 3.92. The van der Waals surface area contributed by atoms with E-state index in [-0.39, 0.29) is 11.8 Å². The van der Waals surface area contributed by atoms with Crippen LogP contribution in [-0.4, -0.2) is 32.7 Å². The first-order valence-electron chi connectivity index (χ1n) is 5.59. The summed E-state index contributed by atoms with van der Waals surface area (Å²) in [6, 6.07) is 3.40. The Labute approximate surface area is 103 Å². The van der Waals surface area contributed by atoms with E-state index >= 15 is 0 Å². The Kier molecular flexibility index (Phi) is 5.54. The molecule has 17 heavy (non-hydrogen) atoms. The van der Waals surface area contributed by atoms with E-state index in [2.05, 4.69) is 15.0 Å². The zero-order valence-electron chi connectivity index (χ0n) is 10.2. The summed E-state index contributed by atoms with van der Waals surface area (Å²) in [4.78, 5) is 3.97. The first-order chi connectivity index (χ1) is 8.05. The molecule has 1 unspecified atom stereocenters. The smallest absolute Gasteiger partial charge is 0.212 e. The molecule has 0 amide bonds. The van der Waals surface area contributed by atoms with Gasteiger partial charge < -0.3 is 5.32 Å². The molecule has 96 valence electrons. The summed E-state index contributed by atoms with van der Waals surface area (Å²) in [7, 11) is -1.42. The molecule has 0 fully saturated rings. The summed E-state index contributed by atoms with van der Waals surface area (Å²) in [6.45, 7) is 2.51. The second-order valence-electron chi connectivity index (χ2n) is 3.90. The zero-order valence-corrected chi connectivity index (χ0v) is 11.0. The van der Waals surface area contributed by atoms with Gasteiger partial charge in [-0.25, -0.2) is 13.1 Å². The van der Waals surface area contributed by atoms with Crippen LogP contribution in [0.15, 0.2) is 24.5 Å². The number of hydrogen-bond donors (Lipinski definition) is 2. The minimum atomic E-state index is -3.22. The Morgan fingerprint density at radius 1 is 1.47 bits per heavy atom. The van der Waals surface area contributed by atoms with Crippen LogP contribution in [0.5, 0.6) is 0 Å². The van der Waals surface area contributed by atoms with E-state index in [0.717, 1.165) is 5.56 Å². The maximum atomic E-state index is 11.7. The first-order valence-corrected chi connectivity index (χ1v) is 7.25. The van der Waals surface area contributed by atoms with Gasteiger partial charge in [-0.3, -0.25) is 4.98 Å². The lowest BCUT2D eigenvalue weighted by Crippen LogP contribution is -2.30. The second kappa shape index (κ2) is 6.68. The molecule has 0 aliphatic heterocycles. The molecular formula is C11H19N3O2S. The van der Waals surface area contributed by atoms with Gasteiger partial charge in [0.1, 0.15) is 0 Å². The molecule has 5 nitrogen and oxygen atoms in total. The molecule has 1 aromatic heterocycles. The van der Waals surface area contributed by atoms with Crippen molar-refractivity contribution in [1.29, 1.82) is 0 Å². The van der Waals surface area contributed by atoms with Crippen LogP contribution in [0.4, 0.5) is 0 Å². The summed E-state index contributed by atoms with van der Waals surface area (Å²) in [5, 5.41) is 2.92. The number of pyridine rings is 1. The number of hydrogen-bond acceptors (Lipinski definition) is 4. The second-order valence-corrected chi connectivity index (χ2v) is 5.78. The monoisotopic (exact) mass is 257 g/mol. The molecule has 0 bridgehead atoms. The molecule has 1 atom stereocenters. The van der Waals surface area contributed by atoms with Crippen LogP contribution in [0.3, 0.4) is 0 Å². The first kappa shape index (κ1) is 14.1. The van der Waals surface area contributed by atoms with E-state index < -0.39 is 10.0 Å². The molecule has 0 aromatic carbocycles. The molecular weight excluding hydrogens is 238 g/mol. The lowest BCUT2D eigenvalue weighted by Gasteiger charge is -2.14. The number of nitrogens with zero attached hydrogens (tertiary/aromatic N) is 1. The Bertz CT molecular complexity index is 420. The highest BCUT2D eigenvalue weighted by atomic mass is 32.2. The number of rotatable bonds is 7. The lowest BCUT2D eigenvalue weighted by molar-refractivity contribution is 0.563. The van der Waals surface area contributed by atoms with Gasteiger partial charge in [0.2, 0.25) is 10.0 Å². The predicted octanol–water partition coefficient (Wildman–Crippen LogP) is 0.671. The van der Waals surface area contributed by atoms with Crippen molar-refractivity contribution in [2.75, 3.05) is 19.3 Å². The quantitative estimate of drug-likeness (QED) is 0.704. The van der Waals surface area contributed by atoms with Crippen molar-refractivity contribution < 1.29 is 8.42 Å². The molecule has 0 aliphatic rings. The number of aromatic nitrogens is 1. The highest BCUT2D eigenvalue weighted by Gasteiger charge is 2.15. The van der Waals surface area contributed by atoms with Crippen LogP contribution >= 0.6 is 0 Å². The minimum Gasteiger partial charge on any atom is -0.320 e. The summed E-state index contributed by atoms with van der Waals surface area (Å²) in [6.07, 6.45) is 3.93. The van der Waals surface area contributed by atoms with E-state index in [1.165, 1.54) is 0 Å². The van der Waals surface area contributed by atoms with Crippen molar-refractivity contribution >= 4 is 10.0 Å². The van der Waals surface area contributed by atoms with Gasteiger partial charge in [-0.05, 0) is 38.6 Å². The number of sulfonamides is 1. The molecule has 1 heterocycles. The van der Waals surface area contributed by atoms with Gasteiger partial charge in [0, 0.05) is 18.4 Å². The van der Waals surface area contributed by atoms with Gasteiger partial charge >= 0.3 is 0 Å². The van der Waals surface area contributed by atoms with E-state index in [9.17, 15) is 8.42 Å². The van der Waals surface area contributed by atoms with Crippen molar-refractivity contribution in [2.45, 2.75) is 19.4 Å². The van der Waals surface area contributed by atoms with Gasteiger partial charge in [-0.15, -0.1) is 0 Å². The molecule has 0 aliphatic carbocycles. The van der Waals surface area contributed by atoms with Crippen LogP contribution in [0.25, 0.3) is 0 Å². The van der Waals surface area contributed by atoms with E-state index in [0.29, 0.717) is 13.0 Å². The number of nitrogens with one attached hydrogen (secondary N) is 2. The van der Waals surface area contributed by atoms with Crippen molar-refractivity contribution in [3.8, 4) is 0 Å². The van der Waals surface area contributed by atoms with Crippen molar-refractivity contribution in [3.05, 3.63) is 30.1 Å². The minimum absolute atomic E-state index is 0.137. The van der Waals surface area contributed by atoms with Gasteiger partial charge in [-0.2, -0.15) is 0 Å². The Balaban J connectivity index is 2.53. The van der Waals surface area contributed by atoms with Crippen LogP contribution in [0.2, 0.25) is 0 Å². The van der Waals surface area contributed by atoms with Crippen molar-refractivity contribution in [1.82, 2.24) is 15.0 Å². The molecule has 1 rings (SSSR count). The summed E-state index contributed by atoms with van der Waals surface area (Å²) in [5.74, 6) is 0.137. The fourth-order valence-corrected chi connectivity index (χ4v) is 2.78. The standard InChI is InChI=1S/C11H19N3O2S/c1-10(11-5-3-7-13-9-11)14-17(15,16)8-4-6-12-2/h3,5,7,9-10,12,14H,4,6,8H2,1-2H3. The predicted molar refractivity (Wildman–Crippen MR) is 68.1 cm³/mol. The van der Waals surface area contributed by atoms with Crippen LogP contribution in [0, 0.1) is 0 Å². The Morgan fingerprint density at radius 2 is 2.24 bits per heavy atom. The van der Waals surface area contributed by atoms with Gasteiger partial charge in [0.25, 0.3) is 0 Å². The van der Waals surface area contributed by atoms with Crippen LogP contribution in [0.1, 0.15) is 24.9 Å².